The molecular weight excluding hydrogens is 203 g/mol. The molecule has 1 aromatic heterocycles. The Hall–Kier alpha value is -0.670. The second kappa shape index (κ2) is 4.24. The van der Waals surface area contributed by atoms with Crippen LogP contribution < -0.4 is 5.32 Å². The lowest BCUT2D eigenvalue weighted by atomic mass is 9.92. The molecule has 1 fully saturated rings. The van der Waals surface area contributed by atoms with E-state index in [1.165, 1.54) is 12.3 Å². The van der Waals surface area contributed by atoms with Crippen molar-refractivity contribution in [3.8, 4) is 0 Å². The lowest BCUT2D eigenvalue weighted by Gasteiger charge is -2.31. The summed E-state index contributed by atoms with van der Waals surface area (Å²) in [5.74, 6) is -0.284. The first-order valence-corrected chi connectivity index (χ1v) is 5.14. The quantitative estimate of drug-likeness (QED) is 0.780. The van der Waals surface area contributed by atoms with E-state index in [0.29, 0.717) is 18.0 Å². The fourth-order valence-electron chi connectivity index (χ4n) is 1.53. The summed E-state index contributed by atoms with van der Waals surface area (Å²) in [7, 11) is 0. The van der Waals surface area contributed by atoms with E-state index in [1.807, 2.05) is 0 Å². The zero-order chi connectivity index (χ0) is 9.97. The number of nitrogens with zero attached hydrogens (tertiary/aromatic N) is 1. The zero-order valence-electron chi connectivity index (χ0n) is 7.71. The van der Waals surface area contributed by atoms with E-state index in [2.05, 4.69) is 10.3 Å². The Morgan fingerprint density at radius 1 is 1.50 bits per heavy atom. The first-order valence-electron chi connectivity index (χ1n) is 4.71. The Bertz CT molecular complexity index is 313. The predicted octanol–water partition coefficient (Wildman–Crippen LogP) is 2.08. The molecule has 1 saturated carbocycles. The molecule has 0 aromatic carbocycles. The molecule has 2 rings (SSSR count). The van der Waals surface area contributed by atoms with Crippen molar-refractivity contribution < 1.29 is 4.39 Å². The highest BCUT2D eigenvalue weighted by atomic mass is 35.5. The van der Waals surface area contributed by atoms with Crippen molar-refractivity contribution in [2.24, 2.45) is 0 Å². The van der Waals surface area contributed by atoms with E-state index in [-0.39, 0.29) is 5.82 Å². The molecule has 1 aliphatic carbocycles. The fraction of sp³-hybridized carbons (Fsp3) is 0.500. The maximum absolute atomic E-state index is 12.7. The van der Waals surface area contributed by atoms with Gasteiger partial charge in [-0.2, -0.15) is 0 Å². The molecule has 14 heavy (non-hydrogen) atoms. The fourth-order valence-corrected chi connectivity index (χ4v) is 1.96. The Kier molecular flexibility index (Phi) is 2.99. The highest BCUT2D eigenvalue weighted by Crippen LogP contribution is 2.25. The molecule has 1 aromatic rings. The molecule has 4 heteroatoms. The second-order valence-electron chi connectivity index (χ2n) is 3.66. The van der Waals surface area contributed by atoms with Crippen LogP contribution in [0.2, 0.25) is 0 Å². The van der Waals surface area contributed by atoms with Crippen LogP contribution in [0.25, 0.3) is 0 Å². The van der Waals surface area contributed by atoms with Crippen molar-refractivity contribution in [3.05, 3.63) is 29.8 Å². The van der Waals surface area contributed by atoms with Crippen LogP contribution in [0.15, 0.2) is 18.5 Å². The lowest BCUT2D eigenvalue weighted by Crippen LogP contribution is -2.41. The first-order chi connectivity index (χ1) is 6.74. The van der Waals surface area contributed by atoms with E-state index in [9.17, 15) is 4.39 Å². The van der Waals surface area contributed by atoms with E-state index in [0.717, 1.165) is 18.4 Å². The van der Waals surface area contributed by atoms with Crippen molar-refractivity contribution in [1.82, 2.24) is 10.3 Å². The van der Waals surface area contributed by atoms with Gasteiger partial charge in [0, 0.05) is 24.2 Å². The molecule has 1 N–H and O–H groups in total. The van der Waals surface area contributed by atoms with Crippen molar-refractivity contribution >= 4 is 11.6 Å². The number of halogens is 2. The number of alkyl halides is 1. The van der Waals surface area contributed by atoms with Crippen LogP contribution >= 0.6 is 11.6 Å². The number of pyridine rings is 1. The van der Waals surface area contributed by atoms with Crippen LogP contribution in [0.3, 0.4) is 0 Å². The number of hydrogen-bond donors (Lipinski definition) is 1. The van der Waals surface area contributed by atoms with E-state index in [1.54, 1.807) is 6.20 Å². The van der Waals surface area contributed by atoms with Crippen LogP contribution in [0.1, 0.15) is 18.4 Å². The summed E-state index contributed by atoms with van der Waals surface area (Å²) < 4.78 is 12.7. The molecule has 76 valence electrons. The summed E-state index contributed by atoms with van der Waals surface area (Å²) in [4.78, 5) is 3.78. The Balaban J connectivity index is 1.80. The summed E-state index contributed by atoms with van der Waals surface area (Å²) >= 11 is 5.84. The van der Waals surface area contributed by atoms with Crippen molar-refractivity contribution in [3.63, 3.8) is 0 Å². The lowest BCUT2D eigenvalue weighted by molar-refractivity contribution is 0.345. The summed E-state index contributed by atoms with van der Waals surface area (Å²) in [6, 6.07) is 1.98. The number of nitrogens with one attached hydrogen (secondary N) is 1. The minimum Gasteiger partial charge on any atom is -0.310 e. The van der Waals surface area contributed by atoms with Gasteiger partial charge < -0.3 is 5.32 Å². The van der Waals surface area contributed by atoms with Crippen LogP contribution in [0.4, 0.5) is 4.39 Å². The summed E-state index contributed by atoms with van der Waals surface area (Å²) in [5.41, 5.74) is 0.878. The molecule has 1 heterocycles. The van der Waals surface area contributed by atoms with Crippen molar-refractivity contribution in [2.75, 3.05) is 0 Å². The smallest absolute Gasteiger partial charge is 0.141 e. The minimum absolute atomic E-state index is 0.284. The number of aromatic nitrogens is 1. The van der Waals surface area contributed by atoms with Gasteiger partial charge in [-0.05, 0) is 24.5 Å². The third-order valence-electron chi connectivity index (χ3n) is 2.44. The normalized spacial score (nSPS) is 25.9. The molecule has 0 unspecified atom stereocenters. The third kappa shape index (κ3) is 2.42. The van der Waals surface area contributed by atoms with Gasteiger partial charge in [0.15, 0.2) is 0 Å². The predicted molar refractivity (Wildman–Crippen MR) is 53.7 cm³/mol. The van der Waals surface area contributed by atoms with Gasteiger partial charge in [-0.1, -0.05) is 0 Å². The van der Waals surface area contributed by atoms with Crippen LogP contribution in [-0.4, -0.2) is 16.4 Å². The van der Waals surface area contributed by atoms with E-state index < -0.39 is 0 Å². The highest BCUT2D eigenvalue weighted by Gasteiger charge is 2.26. The van der Waals surface area contributed by atoms with Gasteiger partial charge in [-0.15, -0.1) is 11.6 Å². The van der Waals surface area contributed by atoms with Crippen molar-refractivity contribution in [1.29, 1.82) is 0 Å². The monoisotopic (exact) mass is 214 g/mol. The first kappa shape index (κ1) is 9.87. The van der Waals surface area contributed by atoms with Crippen LogP contribution in [0, 0.1) is 5.82 Å². The summed E-state index contributed by atoms with van der Waals surface area (Å²) in [5, 5.41) is 3.62. The Morgan fingerprint density at radius 3 is 2.93 bits per heavy atom. The molecule has 0 atom stereocenters. The van der Waals surface area contributed by atoms with Crippen molar-refractivity contribution in [2.45, 2.75) is 30.8 Å². The van der Waals surface area contributed by atoms with Gasteiger partial charge in [0.25, 0.3) is 0 Å². The molecule has 0 spiro atoms. The van der Waals surface area contributed by atoms with Gasteiger partial charge in [0.05, 0.1) is 6.20 Å². The van der Waals surface area contributed by atoms with Crippen LogP contribution in [-0.2, 0) is 6.54 Å². The molecule has 0 amide bonds. The zero-order valence-corrected chi connectivity index (χ0v) is 8.47. The highest BCUT2D eigenvalue weighted by molar-refractivity contribution is 6.21. The SMILES string of the molecule is Fc1cncc(CNC2CC(Cl)C2)c1. The van der Waals surface area contributed by atoms with Gasteiger partial charge in [0.2, 0.25) is 0 Å². The minimum atomic E-state index is -0.284. The maximum atomic E-state index is 12.7. The van der Waals surface area contributed by atoms with Crippen LogP contribution in [0.5, 0.6) is 0 Å². The standard InChI is InChI=1S/C10H12ClFN2/c11-8-2-10(3-8)14-5-7-1-9(12)6-13-4-7/h1,4,6,8,10,14H,2-3,5H2. The van der Waals surface area contributed by atoms with Gasteiger partial charge in [-0.25, -0.2) is 4.39 Å². The number of rotatable bonds is 3. The molecule has 0 bridgehead atoms. The molecule has 0 radical (unpaired) electrons. The molecule has 2 nitrogen and oxygen atoms in total. The largest absolute Gasteiger partial charge is 0.310 e. The third-order valence-corrected chi connectivity index (χ3v) is 2.79. The molecule has 1 aliphatic rings. The van der Waals surface area contributed by atoms with Gasteiger partial charge in [0.1, 0.15) is 5.82 Å². The topological polar surface area (TPSA) is 24.9 Å². The van der Waals surface area contributed by atoms with E-state index in [4.69, 9.17) is 11.6 Å². The maximum Gasteiger partial charge on any atom is 0.141 e. The van der Waals surface area contributed by atoms with E-state index >= 15 is 0 Å². The summed E-state index contributed by atoms with van der Waals surface area (Å²) in [6.45, 7) is 0.666. The van der Waals surface area contributed by atoms with Gasteiger partial charge in [-0.3, -0.25) is 4.98 Å². The average Bonchev–Trinajstić information content (AvgIpc) is 2.11. The second-order valence-corrected chi connectivity index (χ2v) is 4.28. The average molecular weight is 215 g/mol. The molecule has 0 saturated heterocycles. The summed E-state index contributed by atoms with van der Waals surface area (Å²) in [6.07, 6.45) is 4.89. The molecular formula is C10H12ClFN2. The molecule has 0 aliphatic heterocycles. The Morgan fingerprint density at radius 2 is 2.29 bits per heavy atom. The van der Waals surface area contributed by atoms with Gasteiger partial charge >= 0.3 is 0 Å². The Labute approximate surface area is 87.5 Å². The number of hydrogen-bond acceptors (Lipinski definition) is 2.